The van der Waals surface area contributed by atoms with Crippen LogP contribution >= 0.6 is 0 Å². The molecule has 1 aromatic carbocycles. The van der Waals surface area contributed by atoms with Crippen LogP contribution in [0.15, 0.2) is 30.3 Å². The van der Waals surface area contributed by atoms with Crippen molar-refractivity contribution in [3.05, 3.63) is 35.9 Å². The van der Waals surface area contributed by atoms with Crippen molar-refractivity contribution < 1.29 is 14.6 Å². The average Bonchev–Trinajstić information content (AvgIpc) is 2.43. The van der Waals surface area contributed by atoms with Gasteiger partial charge in [0.1, 0.15) is 0 Å². The molecule has 1 aliphatic heterocycles. The summed E-state index contributed by atoms with van der Waals surface area (Å²) in [6.07, 6.45) is 0.719. The first-order valence-corrected chi connectivity index (χ1v) is 7.15. The van der Waals surface area contributed by atoms with Crippen LogP contribution < -0.4 is 0 Å². The molecule has 1 heterocycles. The summed E-state index contributed by atoms with van der Waals surface area (Å²) >= 11 is 0. The van der Waals surface area contributed by atoms with Crippen LogP contribution in [-0.4, -0.2) is 23.8 Å². The van der Waals surface area contributed by atoms with Gasteiger partial charge in [0.2, 0.25) is 0 Å². The molecule has 1 aliphatic rings. The van der Waals surface area contributed by atoms with Gasteiger partial charge in [-0.2, -0.15) is 0 Å². The molecule has 19 heavy (non-hydrogen) atoms. The number of hydrogen-bond donors (Lipinski definition) is 1. The number of hydrogen-bond acceptors (Lipinski definition) is 3. The second kappa shape index (κ2) is 6.51. The molecule has 1 saturated heterocycles. The molecule has 0 amide bonds. The average molecular weight is 264 g/mol. The second-order valence-electron chi connectivity index (χ2n) is 5.45. The topological polar surface area (TPSA) is 38.7 Å². The molecule has 3 heteroatoms. The normalized spacial score (nSPS) is 33.1. The van der Waals surface area contributed by atoms with Crippen LogP contribution in [0.3, 0.4) is 0 Å². The van der Waals surface area contributed by atoms with Gasteiger partial charge in [-0.05, 0) is 17.9 Å². The molecule has 1 aromatic rings. The highest BCUT2D eigenvalue weighted by molar-refractivity contribution is 5.18. The molecule has 0 saturated carbocycles. The Bertz CT molecular complexity index is 379. The molecule has 1 N–H and O–H groups in total. The van der Waals surface area contributed by atoms with Crippen molar-refractivity contribution in [3.8, 4) is 0 Å². The van der Waals surface area contributed by atoms with Gasteiger partial charge in [-0.25, -0.2) is 0 Å². The molecule has 0 aliphatic carbocycles. The maximum absolute atomic E-state index is 9.93. The zero-order chi connectivity index (χ0) is 13.8. The summed E-state index contributed by atoms with van der Waals surface area (Å²) in [5.41, 5.74) is 1.27. The van der Waals surface area contributed by atoms with E-state index in [1.165, 1.54) is 5.56 Å². The number of rotatable bonds is 4. The van der Waals surface area contributed by atoms with Crippen LogP contribution in [0.5, 0.6) is 0 Å². The quantitative estimate of drug-likeness (QED) is 0.907. The summed E-state index contributed by atoms with van der Waals surface area (Å²) in [5.74, 6) is 0.387. The largest absolute Gasteiger partial charge is 0.368 e. The Morgan fingerprint density at radius 2 is 1.89 bits per heavy atom. The van der Waals surface area contributed by atoms with Crippen molar-refractivity contribution in [3.63, 3.8) is 0 Å². The minimum atomic E-state index is -0.716. The smallest absolute Gasteiger partial charge is 0.162 e. The van der Waals surface area contributed by atoms with E-state index in [1.807, 2.05) is 25.1 Å². The second-order valence-corrected chi connectivity index (χ2v) is 5.45. The van der Waals surface area contributed by atoms with Gasteiger partial charge in [-0.3, -0.25) is 0 Å². The third-order valence-electron chi connectivity index (χ3n) is 3.97. The van der Waals surface area contributed by atoms with Gasteiger partial charge >= 0.3 is 0 Å². The predicted molar refractivity (Wildman–Crippen MR) is 74.7 cm³/mol. The Hall–Kier alpha value is -0.900. The van der Waals surface area contributed by atoms with Gasteiger partial charge in [0.25, 0.3) is 0 Å². The standard InChI is InChI=1S/C16H24O3/c1-4-14-12(3)16(17)19-15(18-14)10-11(2)13-8-6-5-7-9-13/h5-9,11-12,14-17H,4,10H2,1-3H3. The fourth-order valence-corrected chi connectivity index (χ4v) is 2.60. The van der Waals surface area contributed by atoms with E-state index in [1.54, 1.807) is 0 Å². The summed E-state index contributed by atoms with van der Waals surface area (Å²) in [4.78, 5) is 0. The van der Waals surface area contributed by atoms with Gasteiger partial charge < -0.3 is 14.6 Å². The zero-order valence-corrected chi connectivity index (χ0v) is 12.0. The zero-order valence-electron chi connectivity index (χ0n) is 12.0. The van der Waals surface area contributed by atoms with Crippen molar-refractivity contribution in [1.82, 2.24) is 0 Å². The first kappa shape index (κ1) is 14.5. The van der Waals surface area contributed by atoms with E-state index in [9.17, 15) is 5.11 Å². The van der Waals surface area contributed by atoms with Crippen molar-refractivity contribution >= 4 is 0 Å². The van der Waals surface area contributed by atoms with Crippen LogP contribution in [0.1, 0.15) is 45.1 Å². The lowest BCUT2D eigenvalue weighted by atomic mass is 9.96. The number of aliphatic hydroxyl groups excluding tert-OH is 1. The third-order valence-corrected chi connectivity index (χ3v) is 3.97. The molecular weight excluding hydrogens is 240 g/mol. The van der Waals surface area contributed by atoms with Gasteiger partial charge in [0, 0.05) is 12.3 Å². The van der Waals surface area contributed by atoms with Crippen LogP contribution in [0.2, 0.25) is 0 Å². The number of benzene rings is 1. The minimum absolute atomic E-state index is 0.0354. The Balaban J connectivity index is 1.96. The molecule has 0 radical (unpaired) electrons. The van der Waals surface area contributed by atoms with Crippen LogP contribution in [-0.2, 0) is 9.47 Å². The molecule has 1 fully saturated rings. The third kappa shape index (κ3) is 3.56. The van der Waals surface area contributed by atoms with Crippen molar-refractivity contribution in [2.24, 2.45) is 5.92 Å². The summed E-state index contributed by atoms with van der Waals surface area (Å²) in [6, 6.07) is 10.3. The predicted octanol–water partition coefficient (Wildman–Crippen LogP) is 3.29. The first-order valence-electron chi connectivity index (χ1n) is 7.15. The molecular formula is C16H24O3. The SMILES string of the molecule is CCC1OC(CC(C)c2ccccc2)OC(O)C1C. The summed E-state index contributed by atoms with van der Waals surface area (Å²) in [7, 11) is 0. The molecule has 0 spiro atoms. The summed E-state index contributed by atoms with van der Waals surface area (Å²) in [5, 5.41) is 9.93. The van der Waals surface area contributed by atoms with E-state index in [4.69, 9.17) is 9.47 Å². The van der Waals surface area contributed by atoms with E-state index >= 15 is 0 Å². The molecule has 5 atom stereocenters. The van der Waals surface area contributed by atoms with E-state index in [0.29, 0.717) is 5.92 Å². The minimum Gasteiger partial charge on any atom is -0.368 e. The molecule has 3 nitrogen and oxygen atoms in total. The summed E-state index contributed by atoms with van der Waals surface area (Å²) < 4.78 is 11.5. The van der Waals surface area contributed by atoms with Crippen molar-refractivity contribution in [1.29, 1.82) is 0 Å². The van der Waals surface area contributed by atoms with E-state index in [-0.39, 0.29) is 18.3 Å². The monoisotopic (exact) mass is 264 g/mol. The molecule has 0 bridgehead atoms. The van der Waals surface area contributed by atoms with Crippen LogP contribution in [0, 0.1) is 5.92 Å². The van der Waals surface area contributed by atoms with E-state index in [0.717, 1.165) is 12.8 Å². The first-order chi connectivity index (χ1) is 9.11. The van der Waals surface area contributed by atoms with Crippen molar-refractivity contribution in [2.75, 3.05) is 0 Å². The lowest BCUT2D eigenvalue weighted by Crippen LogP contribution is -2.45. The van der Waals surface area contributed by atoms with Crippen molar-refractivity contribution in [2.45, 2.75) is 58.2 Å². The Kier molecular flexibility index (Phi) is 4.97. The van der Waals surface area contributed by atoms with Crippen LogP contribution in [0.25, 0.3) is 0 Å². The van der Waals surface area contributed by atoms with E-state index in [2.05, 4.69) is 26.0 Å². The van der Waals surface area contributed by atoms with Gasteiger partial charge in [0.05, 0.1) is 6.10 Å². The number of ether oxygens (including phenoxy) is 2. The maximum Gasteiger partial charge on any atom is 0.162 e. The Labute approximate surface area is 115 Å². The summed E-state index contributed by atoms with van der Waals surface area (Å²) in [6.45, 7) is 6.21. The highest BCUT2D eigenvalue weighted by atomic mass is 16.7. The fourth-order valence-electron chi connectivity index (χ4n) is 2.60. The maximum atomic E-state index is 9.93. The fraction of sp³-hybridized carbons (Fsp3) is 0.625. The highest BCUT2D eigenvalue weighted by Gasteiger charge is 2.35. The van der Waals surface area contributed by atoms with E-state index < -0.39 is 6.29 Å². The van der Waals surface area contributed by atoms with Gasteiger partial charge in [-0.1, -0.05) is 51.1 Å². The lowest BCUT2D eigenvalue weighted by Gasteiger charge is -2.38. The molecule has 0 aromatic heterocycles. The van der Waals surface area contributed by atoms with Crippen LogP contribution in [0.4, 0.5) is 0 Å². The molecule has 2 rings (SSSR count). The highest BCUT2D eigenvalue weighted by Crippen LogP contribution is 2.30. The number of aliphatic hydroxyl groups is 1. The Morgan fingerprint density at radius 1 is 1.21 bits per heavy atom. The molecule has 106 valence electrons. The Morgan fingerprint density at radius 3 is 2.53 bits per heavy atom. The molecule has 5 unspecified atom stereocenters. The van der Waals surface area contributed by atoms with Gasteiger partial charge in [0.15, 0.2) is 12.6 Å². The van der Waals surface area contributed by atoms with Gasteiger partial charge in [-0.15, -0.1) is 0 Å². The lowest BCUT2D eigenvalue weighted by molar-refractivity contribution is -0.320.